The van der Waals surface area contributed by atoms with Gasteiger partial charge in [-0.3, -0.25) is 4.90 Å². The Bertz CT molecular complexity index is 515. The van der Waals surface area contributed by atoms with Crippen LogP contribution in [0.1, 0.15) is 24.0 Å². The van der Waals surface area contributed by atoms with Gasteiger partial charge in [0.25, 0.3) is 0 Å². The quantitative estimate of drug-likeness (QED) is 0.918. The zero-order valence-electron chi connectivity index (χ0n) is 11.7. The highest BCUT2D eigenvalue weighted by Crippen LogP contribution is 2.38. The minimum Gasteiger partial charge on any atom is -0.493 e. The number of rotatable bonds is 3. The second-order valence-electron chi connectivity index (χ2n) is 6.23. The van der Waals surface area contributed by atoms with Crippen LogP contribution in [0, 0.1) is 5.92 Å². The lowest BCUT2D eigenvalue weighted by Crippen LogP contribution is -2.51. The lowest BCUT2D eigenvalue weighted by molar-refractivity contribution is 0.134. The summed E-state index contributed by atoms with van der Waals surface area (Å²) in [6.07, 6.45) is 3.88. The second-order valence-corrected chi connectivity index (χ2v) is 7.15. The van der Waals surface area contributed by atoms with E-state index >= 15 is 0 Å². The Balaban J connectivity index is 1.58. The molecule has 1 saturated carbocycles. The molecule has 1 saturated heterocycles. The van der Waals surface area contributed by atoms with Gasteiger partial charge in [-0.25, -0.2) is 0 Å². The summed E-state index contributed by atoms with van der Waals surface area (Å²) in [5, 5.41) is 3.55. The standard InChI is InChI=1S/C16H21BrN2O/c17-14-7-12-3-6-20-16(12)13(8-14)10-19-5-4-18-9-15(19)11-1-2-11/h7-8,11,15,18H,1-6,9-10H2. The molecule has 1 unspecified atom stereocenters. The molecule has 3 nitrogen and oxygen atoms in total. The van der Waals surface area contributed by atoms with Gasteiger partial charge in [0.1, 0.15) is 5.75 Å². The number of hydrogen-bond donors (Lipinski definition) is 1. The molecule has 0 amide bonds. The van der Waals surface area contributed by atoms with Crippen molar-refractivity contribution in [3.05, 3.63) is 27.7 Å². The summed E-state index contributed by atoms with van der Waals surface area (Å²) in [5.74, 6) is 2.07. The number of fused-ring (bicyclic) bond motifs is 1. The lowest BCUT2D eigenvalue weighted by Gasteiger charge is -2.36. The maximum atomic E-state index is 5.87. The summed E-state index contributed by atoms with van der Waals surface area (Å²) in [6, 6.07) is 5.18. The van der Waals surface area contributed by atoms with Crippen molar-refractivity contribution in [2.24, 2.45) is 5.92 Å². The van der Waals surface area contributed by atoms with Gasteiger partial charge in [0.2, 0.25) is 0 Å². The van der Waals surface area contributed by atoms with Crippen molar-refractivity contribution in [2.75, 3.05) is 26.2 Å². The van der Waals surface area contributed by atoms with Crippen LogP contribution >= 0.6 is 15.9 Å². The molecular weight excluding hydrogens is 316 g/mol. The predicted octanol–water partition coefficient (Wildman–Crippen LogP) is 2.57. The Hall–Kier alpha value is -0.580. The highest BCUT2D eigenvalue weighted by Gasteiger charge is 2.36. The number of nitrogens with zero attached hydrogens (tertiary/aromatic N) is 1. The number of piperazine rings is 1. The van der Waals surface area contributed by atoms with Gasteiger partial charge in [0.15, 0.2) is 0 Å². The fraction of sp³-hybridized carbons (Fsp3) is 0.625. The van der Waals surface area contributed by atoms with Gasteiger partial charge in [-0.2, -0.15) is 0 Å². The van der Waals surface area contributed by atoms with Crippen LogP contribution in [0.25, 0.3) is 0 Å². The summed E-state index contributed by atoms with van der Waals surface area (Å²) < 4.78 is 7.06. The van der Waals surface area contributed by atoms with E-state index in [4.69, 9.17) is 4.74 Å². The monoisotopic (exact) mass is 336 g/mol. The average Bonchev–Trinajstić information content (AvgIpc) is 3.18. The van der Waals surface area contributed by atoms with Gasteiger partial charge in [0.05, 0.1) is 6.61 Å². The Morgan fingerprint density at radius 2 is 2.25 bits per heavy atom. The van der Waals surface area contributed by atoms with Gasteiger partial charge in [-0.15, -0.1) is 0 Å². The highest BCUT2D eigenvalue weighted by molar-refractivity contribution is 9.10. The molecule has 1 aromatic carbocycles. The molecule has 4 rings (SSSR count). The Morgan fingerprint density at radius 1 is 1.35 bits per heavy atom. The number of hydrogen-bond acceptors (Lipinski definition) is 3. The topological polar surface area (TPSA) is 24.5 Å². The van der Waals surface area contributed by atoms with Crippen molar-refractivity contribution in [1.29, 1.82) is 0 Å². The van der Waals surface area contributed by atoms with E-state index in [9.17, 15) is 0 Å². The van der Waals surface area contributed by atoms with Gasteiger partial charge in [0, 0.05) is 48.7 Å². The van der Waals surface area contributed by atoms with E-state index in [1.807, 2.05) is 0 Å². The van der Waals surface area contributed by atoms with E-state index in [0.29, 0.717) is 0 Å². The molecule has 108 valence electrons. The van der Waals surface area contributed by atoms with Crippen molar-refractivity contribution in [1.82, 2.24) is 10.2 Å². The summed E-state index contributed by atoms with van der Waals surface area (Å²) in [7, 11) is 0. The van der Waals surface area contributed by atoms with Gasteiger partial charge in [-0.05, 0) is 36.5 Å². The third kappa shape index (κ3) is 2.49. The van der Waals surface area contributed by atoms with E-state index in [2.05, 4.69) is 38.3 Å². The lowest BCUT2D eigenvalue weighted by atomic mass is 10.0. The maximum Gasteiger partial charge on any atom is 0.127 e. The maximum absolute atomic E-state index is 5.87. The Kier molecular flexibility index (Phi) is 3.49. The third-order valence-corrected chi connectivity index (χ3v) is 5.22. The van der Waals surface area contributed by atoms with Crippen LogP contribution < -0.4 is 10.1 Å². The summed E-state index contributed by atoms with van der Waals surface area (Å²) in [5.41, 5.74) is 2.73. The fourth-order valence-corrected chi connectivity index (χ4v) is 4.14. The van der Waals surface area contributed by atoms with Crippen LogP contribution in [0.15, 0.2) is 16.6 Å². The molecule has 0 radical (unpaired) electrons. The van der Waals surface area contributed by atoms with Crippen molar-refractivity contribution in [2.45, 2.75) is 31.8 Å². The van der Waals surface area contributed by atoms with Crippen molar-refractivity contribution in [3.63, 3.8) is 0 Å². The van der Waals surface area contributed by atoms with Gasteiger partial charge < -0.3 is 10.1 Å². The van der Waals surface area contributed by atoms with E-state index in [0.717, 1.165) is 56.9 Å². The number of benzene rings is 1. The first kappa shape index (κ1) is 13.1. The zero-order valence-corrected chi connectivity index (χ0v) is 13.3. The molecule has 1 aliphatic carbocycles. The molecule has 0 aromatic heterocycles. The molecule has 2 fully saturated rings. The van der Waals surface area contributed by atoms with Crippen molar-refractivity contribution in [3.8, 4) is 5.75 Å². The van der Waals surface area contributed by atoms with E-state index in [1.54, 1.807) is 0 Å². The first-order valence-electron chi connectivity index (χ1n) is 7.70. The first-order valence-corrected chi connectivity index (χ1v) is 8.49. The van der Waals surface area contributed by atoms with Crippen LogP contribution in [0.3, 0.4) is 0 Å². The van der Waals surface area contributed by atoms with Crippen LogP contribution in [-0.2, 0) is 13.0 Å². The molecule has 3 aliphatic rings. The van der Waals surface area contributed by atoms with Gasteiger partial charge in [-0.1, -0.05) is 15.9 Å². The molecule has 1 aromatic rings. The smallest absolute Gasteiger partial charge is 0.127 e. The summed E-state index contributed by atoms with van der Waals surface area (Å²) in [4.78, 5) is 2.66. The number of ether oxygens (including phenoxy) is 1. The molecular formula is C16H21BrN2O. The first-order chi connectivity index (χ1) is 9.81. The number of nitrogens with one attached hydrogen (secondary N) is 1. The molecule has 1 atom stereocenters. The SMILES string of the molecule is Brc1cc2c(c(CN3CCNCC3C3CC3)c1)OCC2. The van der Waals surface area contributed by atoms with E-state index < -0.39 is 0 Å². The largest absolute Gasteiger partial charge is 0.493 e. The van der Waals surface area contributed by atoms with Gasteiger partial charge >= 0.3 is 0 Å². The molecule has 2 aliphatic heterocycles. The third-order valence-electron chi connectivity index (χ3n) is 4.76. The van der Waals surface area contributed by atoms with Crippen LogP contribution in [0.2, 0.25) is 0 Å². The molecule has 0 spiro atoms. The van der Waals surface area contributed by atoms with Crippen molar-refractivity contribution < 1.29 is 4.74 Å². The highest BCUT2D eigenvalue weighted by atomic mass is 79.9. The Morgan fingerprint density at radius 3 is 3.10 bits per heavy atom. The summed E-state index contributed by atoms with van der Waals surface area (Å²) in [6.45, 7) is 5.29. The van der Waals surface area contributed by atoms with E-state index in [1.165, 1.54) is 28.4 Å². The minimum atomic E-state index is 0.722. The van der Waals surface area contributed by atoms with Crippen LogP contribution in [-0.4, -0.2) is 37.2 Å². The zero-order chi connectivity index (χ0) is 13.5. The summed E-state index contributed by atoms with van der Waals surface area (Å²) >= 11 is 3.65. The predicted molar refractivity (Wildman–Crippen MR) is 83.1 cm³/mol. The van der Waals surface area contributed by atoms with Crippen molar-refractivity contribution >= 4 is 15.9 Å². The van der Waals surface area contributed by atoms with E-state index in [-0.39, 0.29) is 0 Å². The molecule has 20 heavy (non-hydrogen) atoms. The fourth-order valence-electron chi connectivity index (χ4n) is 3.59. The molecule has 4 heteroatoms. The molecule has 0 bridgehead atoms. The minimum absolute atomic E-state index is 0.722. The number of halogens is 1. The average molecular weight is 337 g/mol. The second kappa shape index (κ2) is 5.32. The van der Waals surface area contributed by atoms with Crippen LogP contribution in [0.5, 0.6) is 5.75 Å². The van der Waals surface area contributed by atoms with Crippen LogP contribution in [0.4, 0.5) is 0 Å². The normalized spacial score (nSPS) is 26.4. The molecule has 2 heterocycles. The Labute approximate surface area is 128 Å². The molecule has 1 N–H and O–H groups in total.